The van der Waals surface area contributed by atoms with E-state index in [2.05, 4.69) is 60.2 Å². The Kier molecular flexibility index (Phi) is 8.33. The minimum absolute atomic E-state index is 0.0582. The van der Waals surface area contributed by atoms with Crippen LogP contribution in [-0.2, 0) is 11.3 Å². The van der Waals surface area contributed by atoms with E-state index in [4.69, 9.17) is 0 Å². The number of pyridine rings is 1. The van der Waals surface area contributed by atoms with Crippen LogP contribution in [0.4, 0.5) is 11.5 Å². The number of piperidine rings is 1. The second kappa shape index (κ2) is 12.5. The molecule has 0 saturated carbocycles. The van der Waals surface area contributed by atoms with Crippen LogP contribution in [0.25, 0.3) is 22.3 Å². The van der Waals surface area contributed by atoms with E-state index in [0.717, 1.165) is 76.9 Å². The number of H-pyrrole nitrogens is 1. The predicted octanol–water partition coefficient (Wildman–Crippen LogP) is 4.48. The number of anilines is 2. The molecule has 1 atom stereocenters. The topological polar surface area (TPSA) is 119 Å². The van der Waals surface area contributed by atoms with Gasteiger partial charge in [-0.2, -0.15) is 11.8 Å². The van der Waals surface area contributed by atoms with Gasteiger partial charge in [0.15, 0.2) is 0 Å². The molecule has 0 bridgehead atoms. The molecule has 0 aliphatic carbocycles. The first kappa shape index (κ1) is 28.7. The van der Waals surface area contributed by atoms with E-state index < -0.39 is 5.54 Å². The molecule has 6 rings (SSSR count). The van der Waals surface area contributed by atoms with E-state index in [0.29, 0.717) is 25.2 Å². The largest absolute Gasteiger partial charge is 0.379 e. The lowest BCUT2D eigenvalue weighted by Crippen LogP contribution is -2.57. The number of carbonyl (C=O) groups is 2. The lowest BCUT2D eigenvalue weighted by atomic mass is 9.90. The zero-order valence-electron chi connectivity index (χ0n) is 24.3. The molecule has 2 aliphatic heterocycles. The summed E-state index contributed by atoms with van der Waals surface area (Å²) < 4.78 is 0. The smallest absolute Gasteiger partial charge is 0.254 e. The number of rotatable bonds is 8. The van der Waals surface area contributed by atoms with Gasteiger partial charge in [0.2, 0.25) is 5.91 Å². The van der Waals surface area contributed by atoms with Crippen LogP contribution in [0.1, 0.15) is 35.8 Å². The Morgan fingerprint density at radius 3 is 2.70 bits per heavy atom. The fraction of sp³-hybridized carbons (Fsp3) is 0.344. The summed E-state index contributed by atoms with van der Waals surface area (Å²) in [7, 11) is 0. The Labute approximate surface area is 255 Å². The van der Waals surface area contributed by atoms with E-state index in [1.54, 1.807) is 18.6 Å². The molecular weight excluding hydrogens is 560 g/mol. The molecule has 0 radical (unpaired) electrons. The van der Waals surface area contributed by atoms with Crippen molar-refractivity contribution >= 4 is 46.1 Å². The van der Waals surface area contributed by atoms with Crippen LogP contribution < -0.4 is 15.5 Å². The quantitative estimate of drug-likeness (QED) is 0.255. The number of thioether (sulfide) groups is 1. The summed E-state index contributed by atoms with van der Waals surface area (Å²) in [6, 6.07) is 13.9. The van der Waals surface area contributed by atoms with Crippen molar-refractivity contribution in [2.45, 2.75) is 31.8 Å². The fourth-order valence-electron chi connectivity index (χ4n) is 5.82. The van der Waals surface area contributed by atoms with Gasteiger partial charge in [0, 0.05) is 60.8 Å². The zero-order valence-corrected chi connectivity index (χ0v) is 25.1. The van der Waals surface area contributed by atoms with Gasteiger partial charge in [-0.15, -0.1) is 0 Å². The van der Waals surface area contributed by atoms with Gasteiger partial charge >= 0.3 is 0 Å². The summed E-state index contributed by atoms with van der Waals surface area (Å²) in [4.78, 5) is 46.4. The molecule has 1 unspecified atom stereocenters. The van der Waals surface area contributed by atoms with Crippen molar-refractivity contribution in [1.29, 1.82) is 0 Å². The molecular formula is C32H36N8O2S. The van der Waals surface area contributed by atoms with Crippen LogP contribution in [0, 0.1) is 0 Å². The maximum atomic E-state index is 13.3. The van der Waals surface area contributed by atoms with Crippen molar-refractivity contribution < 1.29 is 9.59 Å². The van der Waals surface area contributed by atoms with Crippen LogP contribution in [0.15, 0.2) is 67.6 Å². The molecule has 43 heavy (non-hydrogen) atoms. The number of benzene rings is 1. The summed E-state index contributed by atoms with van der Waals surface area (Å²) in [6.07, 6.45) is 6.21. The Balaban J connectivity index is 1.10. The molecule has 11 heteroatoms. The Morgan fingerprint density at radius 1 is 1.09 bits per heavy atom. The molecule has 10 nitrogen and oxygen atoms in total. The molecule has 2 saturated heterocycles. The Morgan fingerprint density at radius 2 is 1.91 bits per heavy atom. The van der Waals surface area contributed by atoms with E-state index >= 15 is 0 Å². The Hall–Kier alpha value is -4.38. The van der Waals surface area contributed by atoms with Gasteiger partial charge in [-0.25, -0.2) is 9.97 Å². The highest BCUT2D eigenvalue weighted by Crippen LogP contribution is 2.30. The van der Waals surface area contributed by atoms with Crippen molar-refractivity contribution in [2.75, 3.05) is 47.9 Å². The lowest BCUT2D eigenvalue weighted by molar-refractivity contribution is -0.118. The average Bonchev–Trinajstić information content (AvgIpc) is 3.49. The van der Waals surface area contributed by atoms with Crippen LogP contribution >= 0.6 is 11.8 Å². The van der Waals surface area contributed by atoms with Crippen molar-refractivity contribution in [3.05, 3.63) is 78.9 Å². The average molecular weight is 597 g/mol. The standard InChI is InChI=1S/C32H36N8O2S/c1-3-28(41)38-32(2)10-4-12-40(20-32)31(42)23-9-11-33-25(17-23)19-34-24-7-5-22(6-8-24)27-18-26-29(37-27)35-21-36-30(26)39-13-15-43-16-14-39/h3,5-9,11,17-18,21,34H,1,4,10,12-16,19-20H2,2H3,(H,38,41)(H,35,36,37). The first-order valence-corrected chi connectivity index (χ1v) is 15.8. The number of nitrogens with one attached hydrogen (secondary N) is 3. The van der Waals surface area contributed by atoms with E-state index in [1.807, 2.05) is 41.8 Å². The first-order chi connectivity index (χ1) is 20.9. The number of nitrogens with zero attached hydrogens (tertiary/aromatic N) is 5. The summed E-state index contributed by atoms with van der Waals surface area (Å²) in [6.45, 7) is 9.09. The van der Waals surface area contributed by atoms with Crippen LogP contribution in [0.2, 0.25) is 0 Å². The maximum absolute atomic E-state index is 13.3. The number of likely N-dealkylation sites (tertiary alicyclic amines) is 1. The highest BCUT2D eigenvalue weighted by atomic mass is 32.2. The fourth-order valence-corrected chi connectivity index (χ4v) is 6.73. The molecule has 3 N–H and O–H groups in total. The molecule has 2 amide bonds. The van der Waals surface area contributed by atoms with E-state index in [9.17, 15) is 9.59 Å². The van der Waals surface area contributed by atoms with Crippen molar-refractivity contribution in [3.8, 4) is 11.3 Å². The number of carbonyl (C=O) groups excluding carboxylic acids is 2. The van der Waals surface area contributed by atoms with Gasteiger partial charge in [-0.05, 0) is 61.7 Å². The molecule has 0 spiro atoms. The van der Waals surface area contributed by atoms with Gasteiger partial charge in [0.05, 0.1) is 23.2 Å². The summed E-state index contributed by atoms with van der Waals surface area (Å²) >= 11 is 1.98. The van der Waals surface area contributed by atoms with Crippen molar-refractivity contribution in [3.63, 3.8) is 0 Å². The molecule has 222 valence electrons. The third-order valence-electron chi connectivity index (χ3n) is 8.04. The molecule has 5 heterocycles. The van der Waals surface area contributed by atoms with Crippen molar-refractivity contribution in [2.24, 2.45) is 0 Å². The zero-order chi connectivity index (χ0) is 29.8. The summed E-state index contributed by atoms with van der Waals surface area (Å²) in [5.74, 6) is 2.94. The van der Waals surface area contributed by atoms with Gasteiger partial charge < -0.3 is 25.4 Å². The number of hydrogen-bond donors (Lipinski definition) is 3. The monoisotopic (exact) mass is 596 g/mol. The van der Waals surface area contributed by atoms with Gasteiger partial charge in [0.25, 0.3) is 5.91 Å². The molecule has 1 aromatic carbocycles. The number of aromatic amines is 1. The van der Waals surface area contributed by atoms with Crippen LogP contribution in [-0.4, -0.2) is 79.9 Å². The van der Waals surface area contributed by atoms with E-state index in [1.165, 1.54) is 6.08 Å². The third kappa shape index (κ3) is 6.51. The van der Waals surface area contributed by atoms with Crippen LogP contribution in [0.5, 0.6) is 0 Å². The maximum Gasteiger partial charge on any atom is 0.254 e. The lowest BCUT2D eigenvalue weighted by Gasteiger charge is -2.40. The van der Waals surface area contributed by atoms with E-state index in [-0.39, 0.29) is 11.8 Å². The Bertz CT molecular complexity index is 1630. The number of fused-ring (bicyclic) bond motifs is 1. The van der Waals surface area contributed by atoms with Crippen molar-refractivity contribution in [1.82, 2.24) is 30.2 Å². The predicted molar refractivity (Wildman–Crippen MR) is 172 cm³/mol. The SMILES string of the molecule is C=CC(=O)NC1(C)CCCN(C(=O)c2ccnc(CNc3ccc(-c4cc5c(N6CCSCC6)ncnc5[nH]4)cc3)c2)C1. The second-order valence-corrected chi connectivity index (χ2v) is 12.5. The third-order valence-corrected chi connectivity index (χ3v) is 8.98. The molecule has 2 aliphatic rings. The van der Waals surface area contributed by atoms with Gasteiger partial charge in [-0.3, -0.25) is 14.6 Å². The first-order valence-electron chi connectivity index (χ1n) is 14.6. The second-order valence-electron chi connectivity index (χ2n) is 11.3. The van der Waals surface area contributed by atoms with Gasteiger partial charge in [0.1, 0.15) is 17.8 Å². The minimum atomic E-state index is -0.474. The highest BCUT2D eigenvalue weighted by molar-refractivity contribution is 7.99. The highest BCUT2D eigenvalue weighted by Gasteiger charge is 2.34. The summed E-state index contributed by atoms with van der Waals surface area (Å²) in [5.41, 5.74) is 4.75. The number of aromatic nitrogens is 4. The number of hydrogen-bond acceptors (Lipinski definition) is 8. The molecule has 2 fully saturated rings. The molecule has 3 aromatic heterocycles. The molecule has 4 aromatic rings. The van der Waals surface area contributed by atoms with Gasteiger partial charge in [-0.1, -0.05) is 18.7 Å². The normalized spacial score (nSPS) is 18.8. The number of amides is 2. The van der Waals surface area contributed by atoms with Crippen LogP contribution in [0.3, 0.4) is 0 Å². The summed E-state index contributed by atoms with van der Waals surface area (Å²) in [5, 5.41) is 7.45. The minimum Gasteiger partial charge on any atom is -0.379 e.